The molecular weight excluding hydrogens is 346 g/mol. The highest BCUT2D eigenvalue weighted by atomic mass is 16.5. The first-order valence-electron chi connectivity index (χ1n) is 8.97. The first-order chi connectivity index (χ1) is 13.0. The molecule has 7 nitrogen and oxygen atoms in total. The smallest absolute Gasteiger partial charge is 0.275 e. The van der Waals surface area contributed by atoms with Crippen LogP contribution in [0.2, 0.25) is 0 Å². The average Bonchev–Trinajstić information content (AvgIpc) is 3.13. The van der Waals surface area contributed by atoms with Gasteiger partial charge in [0.05, 0.1) is 7.11 Å². The SMILES string of the molecule is COc1ccc2c(=O)[nH]c(C3CCN(C(=O)c4coc(C)n4)CC3)cc2c1. The zero-order valence-electron chi connectivity index (χ0n) is 15.3. The van der Waals surface area contributed by atoms with Gasteiger partial charge in [-0.3, -0.25) is 9.59 Å². The maximum Gasteiger partial charge on any atom is 0.275 e. The van der Waals surface area contributed by atoms with E-state index < -0.39 is 0 Å². The van der Waals surface area contributed by atoms with Crippen LogP contribution in [0.5, 0.6) is 5.75 Å². The second kappa shape index (κ2) is 6.90. The fourth-order valence-electron chi connectivity index (χ4n) is 3.63. The molecule has 140 valence electrons. The molecule has 4 rings (SSSR count). The lowest BCUT2D eigenvalue weighted by atomic mass is 9.92. The van der Waals surface area contributed by atoms with Gasteiger partial charge in [-0.15, -0.1) is 0 Å². The normalized spacial score (nSPS) is 15.3. The number of fused-ring (bicyclic) bond motifs is 1. The van der Waals surface area contributed by atoms with Gasteiger partial charge in [0.15, 0.2) is 11.6 Å². The van der Waals surface area contributed by atoms with Gasteiger partial charge in [0.25, 0.3) is 11.5 Å². The van der Waals surface area contributed by atoms with E-state index in [1.165, 1.54) is 6.26 Å². The lowest BCUT2D eigenvalue weighted by molar-refractivity contribution is 0.0706. The van der Waals surface area contributed by atoms with Crippen LogP contribution in [0, 0.1) is 6.92 Å². The van der Waals surface area contributed by atoms with Crippen molar-refractivity contribution in [1.82, 2.24) is 14.9 Å². The Morgan fingerprint density at radius 1 is 1.30 bits per heavy atom. The van der Waals surface area contributed by atoms with Crippen molar-refractivity contribution < 1.29 is 13.9 Å². The molecule has 1 aromatic carbocycles. The van der Waals surface area contributed by atoms with Crippen molar-refractivity contribution in [3.05, 3.63) is 58.2 Å². The van der Waals surface area contributed by atoms with E-state index in [1.54, 1.807) is 31.1 Å². The number of aromatic amines is 1. The third-order valence-electron chi connectivity index (χ3n) is 5.13. The van der Waals surface area contributed by atoms with Gasteiger partial charge in [-0.05, 0) is 42.5 Å². The zero-order valence-corrected chi connectivity index (χ0v) is 15.3. The van der Waals surface area contributed by atoms with E-state index in [0.29, 0.717) is 30.1 Å². The summed E-state index contributed by atoms with van der Waals surface area (Å²) in [7, 11) is 1.61. The van der Waals surface area contributed by atoms with Crippen molar-refractivity contribution in [3.8, 4) is 5.75 Å². The van der Waals surface area contributed by atoms with E-state index >= 15 is 0 Å². The number of pyridine rings is 1. The second-order valence-corrected chi connectivity index (χ2v) is 6.83. The Morgan fingerprint density at radius 3 is 2.74 bits per heavy atom. The number of aromatic nitrogens is 2. The summed E-state index contributed by atoms with van der Waals surface area (Å²) in [5.74, 6) is 1.30. The summed E-state index contributed by atoms with van der Waals surface area (Å²) in [6, 6.07) is 7.45. The van der Waals surface area contributed by atoms with E-state index in [2.05, 4.69) is 9.97 Å². The number of likely N-dealkylation sites (tertiary alicyclic amines) is 1. The maximum absolute atomic E-state index is 12.5. The molecule has 1 aliphatic rings. The van der Waals surface area contributed by atoms with E-state index in [-0.39, 0.29) is 17.4 Å². The number of ether oxygens (including phenoxy) is 1. The molecule has 0 aliphatic carbocycles. The Morgan fingerprint density at radius 2 is 2.07 bits per heavy atom. The number of oxazole rings is 1. The summed E-state index contributed by atoms with van der Waals surface area (Å²) in [6.07, 6.45) is 2.97. The number of rotatable bonds is 3. The predicted molar refractivity (Wildman–Crippen MR) is 100 cm³/mol. The van der Waals surface area contributed by atoms with E-state index in [4.69, 9.17) is 9.15 Å². The van der Waals surface area contributed by atoms with Crippen LogP contribution in [0.1, 0.15) is 40.8 Å². The molecule has 0 spiro atoms. The standard InChI is InChI=1S/C20H21N3O4/c1-12-21-18(11-27-12)20(25)23-7-5-13(6-8-23)17-10-14-9-15(26-2)3-4-16(14)19(24)22-17/h3-4,9-11,13H,5-8H2,1-2H3,(H,22,24). The summed E-state index contributed by atoms with van der Waals surface area (Å²) in [6.45, 7) is 2.95. The molecule has 0 bridgehead atoms. The number of carbonyl (C=O) groups excluding carboxylic acids is 1. The zero-order chi connectivity index (χ0) is 19.0. The number of piperidine rings is 1. The van der Waals surface area contributed by atoms with E-state index in [1.807, 2.05) is 12.1 Å². The summed E-state index contributed by atoms with van der Waals surface area (Å²) in [5, 5.41) is 1.51. The van der Waals surface area contributed by atoms with Crippen molar-refractivity contribution in [2.75, 3.05) is 20.2 Å². The minimum atomic E-state index is -0.109. The average molecular weight is 367 g/mol. The first kappa shape index (κ1) is 17.3. The topological polar surface area (TPSA) is 88.4 Å². The highest BCUT2D eigenvalue weighted by Gasteiger charge is 2.26. The third-order valence-corrected chi connectivity index (χ3v) is 5.13. The predicted octanol–water partition coefficient (Wildman–Crippen LogP) is 2.85. The van der Waals surface area contributed by atoms with Gasteiger partial charge in [0.1, 0.15) is 12.0 Å². The summed E-state index contributed by atoms with van der Waals surface area (Å²) in [4.78, 5) is 33.8. The van der Waals surface area contributed by atoms with Gasteiger partial charge in [-0.2, -0.15) is 0 Å². The number of nitrogens with one attached hydrogen (secondary N) is 1. The fraction of sp³-hybridized carbons (Fsp3) is 0.350. The number of amides is 1. The van der Waals surface area contributed by atoms with Crippen molar-refractivity contribution in [2.45, 2.75) is 25.7 Å². The summed E-state index contributed by atoms with van der Waals surface area (Å²) in [5.41, 5.74) is 1.16. The molecule has 1 amide bonds. The van der Waals surface area contributed by atoms with Crippen LogP contribution in [-0.2, 0) is 0 Å². The van der Waals surface area contributed by atoms with Gasteiger partial charge in [-0.25, -0.2) is 4.98 Å². The minimum Gasteiger partial charge on any atom is -0.497 e. The number of nitrogens with zero attached hydrogens (tertiary/aromatic N) is 2. The number of aryl methyl sites for hydroxylation is 1. The molecule has 0 unspecified atom stereocenters. The number of methoxy groups -OCH3 is 1. The van der Waals surface area contributed by atoms with Crippen LogP contribution in [-0.4, -0.2) is 41.0 Å². The fourth-order valence-corrected chi connectivity index (χ4v) is 3.63. The van der Waals surface area contributed by atoms with Gasteiger partial charge >= 0.3 is 0 Å². The minimum absolute atomic E-state index is 0.0956. The molecule has 3 aromatic rings. The Labute approximate surface area is 156 Å². The molecule has 27 heavy (non-hydrogen) atoms. The highest BCUT2D eigenvalue weighted by Crippen LogP contribution is 2.29. The molecule has 7 heteroatoms. The Bertz CT molecular complexity index is 1040. The van der Waals surface area contributed by atoms with Gasteiger partial charge in [0.2, 0.25) is 0 Å². The molecule has 1 N–H and O–H groups in total. The van der Waals surface area contributed by atoms with Crippen molar-refractivity contribution >= 4 is 16.7 Å². The monoisotopic (exact) mass is 367 g/mol. The van der Waals surface area contributed by atoms with Gasteiger partial charge < -0.3 is 19.0 Å². The van der Waals surface area contributed by atoms with E-state index in [9.17, 15) is 9.59 Å². The number of H-pyrrole nitrogens is 1. The molecule has 0 radical (unpaired) electrons. The number of carbonyl (C=O) groups is 1. The van der Waals surface area contributed by atoms with Crippen LogP contribution in [0.25, 0.3) is 10.8 Å². The molecule has 0 saturated carbocycles. The molecule has 1 fully saturated rings. The van der Waals surface area contributed by atoms with Crippen molar-refractivity contribution in [1.29, 1.82) is 0 Å². The quantitative estimate of drug-likeness (QED) is 0.769. The molecule has 0 atom stereocenters. The highest BCUT2D eigenvalue weighted by molar-refractivity contribution is 5.92. The van der Waals surface area contributed by atoms with E-state index in [0.717, 1.165) is 29.7 Å². The number of benzene rings is 1. The Hall–Kier alpha value is -3.09. The molecule has 2 aromatic heterocycles. The summed E-state index contributed by atoms with van der Waals surface area (Å²) < 4.78 is 10.4. The first-order valence-corrected chi connectivity index (χ1v) is 8.97. The largest absolute Gasteiger partial charge is 0.497 e. The second-order valence-electron chi connectivity index (χ2n) is 6.83. The van der Waals surface area contributed by atoms with Crippen LogP contribution in [0.3, 0.4) is 0 Å². The van der Waals surface area contributed by atoms with Gasteiger partial charge in [-0.1, -0.05) is 0 Å². The molecule has 1 saturated heterocycles. The van der Waals surface area contributed by atoms with Crippen molar-refractivity contribution in [3.63, 3.8) is 0 Å². The molecular formula is C20H21N3O4. The van der Waals surface area contributed by atoms with Crippen LogP contribution in [0.15, 0.2) is 39.7 Å². The van der Waals surface area contributed by atoms with Gasteiger partial charge in [0, 0.05) is 37.0 Å². The lowest BCUT2D eigenvalue weighted by Crippen LogP contribution is -2.38. The maximum atomic E-state index is 12.5. The Kier molecular flexibility index (Phi) is 4.43. The van der Waals surface area contributed by atoms with Crippen molar-refractivity contribution in [2.24, 2.45) is 0 Å². The number of hydrogen-bond acceptors (Lipinski definition) is 5. The Balaban J connectivity index is 1.52. The molecule has 1 aliphatic heterocycles. The van der Waals surface area contributed by atoms with Crippen LogP contribution in [0.4, 0.5) is 0 Å². The number of hydrogen-bond donors (Lipinski definition) is 1. The summed E-state index contributed by atoms with van der Waals surface area (Å²) >= 11 is 0. The molecule has 3 heterocycles. The third kappa shape index (κ3) is 3.32. The van der Waals surface area contributed by atoms with Crippen LogP contribution < -0.4 is 10.3 Å². The lowest BCUT2D eigenvalue weighted by Gasteiger charge is -2.31. The van der Waals surface area contributed by atoms with Crippen LogP contribution >= 0.6 is 0 Å².